The molecule has 0 bridgehead atoms. The van der Waals surface area contributed by atoms with E-state index in [2.05, 4.69) is 5.10 Å². The molecule has 0 radical (unpaired) electrons. The van der Waals surface area contributed by atoms with E-state index in [0.29, 0.717) is 5.01 Å². The van der Waals surface area contributed by atoms with Crippen LogP contribution in [0, 0.1) is 0 Å². The van der Waals surface area contributed by atoms with Crippen LogP contribution in [0.1, 0.15) is 15.9 Å². The topological polar surface area (TPSA) is 52.9 Å². The molecule has 3 rings (SSSR count). The molecule has 2 aromatic rings. The average molecular weight is 334 g/mol. The molecule has 0 saturated carbocycles. The van der Waals surface area contributed by atoms with E-state index in [-0.39, 0.29) is 11.1 Å². The first-order valence-corrected chi connectivity index (χ1v) is 7.13. The molecule has 0 fully saturated rings. The molecule has 1 amide bonds. The number of hydrogen-bond acceptors (Lipinski definition) is 3. The van der Waals surface area contributed by atoms with Crippen LogP contribution in [0.5, 0.6) is 0 Å². The Hall–Kier alpha value is -2.67. The number of carbonyl (C=O) groups excluding carboxylic acids is 1. The molecule has 0 unspecified atom stereocenters. The van der Waals surface area contributed by atoms with Crippen LogP contribution in [-0.4, -0.2) is 40.1 Å². The molecule has 2 aromatic carbocycles. The SMILES string of the molecule is O=C(c1ccccc1)N1C[C@](O)(C(F)(F)F)C(c2ccccc2)=N1. The van der Waals surface area contributed by atoms with Gasteiger partial charge < -0.3 is 5.11 Å². The van der Waals surface area contributed by atoms with Gasteiger partial charge >= 0.3 is 6.18 Å². The van der Waals surface area contributed by atoms with Crippen molar-refractivity contribution in [2.75, 3.05) is 6.54 Å². The predicted octanol–water partition coefficient (Wildman–Crippen LogP) is 2.84. The zero-order chi connectivity index (χ0) is 17.4. The van der Waals surface area contributed by atoms with Crippen molar-refractivity contribution in [3.63, 3.8) is 0 Å². The van der Waals surface area contributed by atoms with Crippen LogP contribution in [0.4, 0.5) is 13.2 Å². The van der Waals surface area contributed by atoms with Gasteiger partial charge in [-0.2, -0.15) is 18.3 Å². The summed E-state index contributed by atoms with van der Waals surface area (Å²) in [5.74, 6) is -0.704. The van der Waals surface area contributed by atoms with Crippen molar-refractivity contribution < 1.29 is 23.1 Å². The van der Waals surface area contributed by atoms with Crippen molar-refractivity contribution in [3.05, 3.63) is 71.8 Å². The highest BCUT2D eigenvalue weighted by atomic mass is 19.4. The van der Waals surface area contributed by atoms with E-state index < -0.39 is 29.9 Å². The molecule has 24 heavy (non-hydrogen) atoms. The molecule has 1 N–H and O–H groups in total. The maximum Gasteiger partial charge on any atom is 0.424 e. The Bertz CT molecular complexity index is 775. The minimum absolute atomic E-state index is 0.112. The van der Waals surface area contributed by atoms with Gasteiger partial charge in [0.15, 0.2) is 0 Å². The second kappa shape index (κ2) is 5.76. The smallest absolute Gasteiger partial charge is 0.374 e. The van der Waals surface area contributed by atoms with Crippen LogP contribution in [0.15, 0.2) is 65.8 Å². The second-order valence-electron chi connectivity index (χ2n) is 5.40. The van der Waals surface area contributed by atoms with Gasteiger partial charge in [0.2, 0.25) is 5.60 Å². The maximum absolute atomic E-state index is 13.5. The number of rotatable bonds is 2. The Morgan fingerprint density at radius 3 is 2.12 bits per heavy atom. The van der Waals surface area contributed by atoms with Gasteiger partial charge in [0.05, 0.1) is 6.54 Å². The minimum atomic E-state index is -4.96. The fourth-order valence-electron chi connectivity index (χ4n) is 2.49. The summed E-state index contributed by atoms with van der Waals surface area (Å²) < 4.78 is 40.4. The van der Waals surface area contributed by atoms with Gasteiger partial charge in [0.25, 0.3) is 5.91 Å². The van der Waals surface area contributed by atoms with E-state index in [1.807, 2.05) is 0 Å². The molecule has 0 saturated heterocycles. The standard InChI is InChI=1S/C17H13F3N2O2/c18-17(19,20)16(24)11-22(15(23)13-9-5-2-6-10-13)21-14(16)12-7-3-1-4-8-12/h1-10,24H,11H2/t16-/m1/s1. The number of halogens is 3. The Labute approximate surface area is 135 Å². The quantitative estimate of drug-likeness (QED) is 0.918. The fourth-order valence-corrected chi connectivity index (χ4v) is 2.49. The first-order chi connectivity index (χ1) is 11.3. The monoisotopic (exact) mass is 334 g/mol. The first kappa shape index (κ1) is 16.2. The Morgan fingerprint density at radius 2 is 1.58 bits per heavy atom. The number of benzene rings is 2. The molecule has 1 aliphatic heterocycles. The van der Waals surface area contributed by atoms with Crippen molar-refractivity contribution in [2.24, 2.45) is 5.10 Å². The van der Waals surface area contributed by atoms with Crippen LogP contribution in [0.2, 0.25) is 0 Å². The van der Waals surface area contributed by atoms with Gasteiger partial charge in [-0.05, 0) is 12.1 Å². The molecule has 124 valence electrons. The lowest BCUT2D eigenvalue weighted by Gasteiger charge is -2.27. The lowest BCUT2D eigenvalue weighted by molar-refractivity contribution is -0.228. The number of aliphatic hydroxyl groups is 1. The summed E-state index contributed by atoms with van der Waals surface area (Å²) in [7, 11) is 0. The highest BCUT2D eigenvalue weighted by Gasteiger charge is 2.62. The van der Waals surface area contributed by atoms with Gasteiger partial charge in [0, 0.05) is 11.1 Å². The van der Waals surface area contributed by atoms with Crippen molar-refractivity contribution in [1.29, 1.82) is 0 Å². The molecule has 1 atom stereocenters. The largest absolute Gasteiger partial charge is 0.424 e. The van der Waals surface area contributed by atoms with Gasteiger partial charge in [-0.3, -0.25) is 4.79 Å². The fraction of sp³-hybridized carbons (Fsp3) is 0.176. The van der Waals surface area contributed by atoms with E-state index in [1.165, 1.54) is 36.4 Å². The van der Waals surface area contributed by atoms with Gasteiger partial charge in [-0.15, -0.1) is 0 Å². The van der Waals surface area contributed by atoms with Crippen molar-refractivity contribution in [3.8, 4) is 0 Å². The van der Waals surface area contributed by atoms with E-state index in [1.54, 1.807) is 24.3 Å². The molecule has 1 aliphatic rings. The summed E-state index contributed by atoms with van der Waals surface area (Å²) in [5, 5.41) is 14.7. The van der Waals surface area contributed by atoms with E-state index in [0.717, 1.165) is 0 Å². The third kappa shape index (κ3) is 2.67. The van der Waals surface area contributed by atoms with E-state index >= 15 is 0 Å². The predicted molar refractivity (Wildman–Crippen MR) is 81.5 cm³/mol. The maximum atomic E-state index is 13.5. The Kier molecular flexibility index (Phi) is 3.88. The summed E-state index contributed by atoms with van der Waals surface area (Å²) in [6.45, 7) is -0.978. The molecule has 0 aliphatic carbocycles. The molecule has 7 heteroatoms. The molecule has 0 aromatic heterocycles. The molecule has 0 spiro atoms. The van der Waals surface area contributed by atoms with Crippen LogP contribution >= 0.6 is 0 Å². The van der Waals surface area contributed by atoms with Crippen molar-refractivity contribution in [2.45, 2.75) is 11.8 Å². The van der Waals surface area contributed by atoms with E-state index in [4.69, 9.17) is 0 Å². The lowest BCUT2D eigenvalue weighted by atomic mass is 9.92. The molecule has 1 heterocycles. The molecular formula is C17H13F3N2O2. The van der Waals surface area contributed by atoms with Gasteiger partial charge in [0.1, 0.15) is 5.71 Å². The number of alkyl halides is 3. The minimum Gasteiger partial charge on any atom is -0.374 e. The zero-order valence-electron chi connectivity index (χ0n) is 12.4. The summed E-state index contributed by atoms with van der Waals surface area (Å²) in [6, 6.07) is 15.4. The van der Waals surface area contributed by atoms with E-state index in [9.17, 15) is 23.1 Å². The van der Waals surface area contributed by atoms with Crippen molar-refractivity contribution >= 4 is 11.6 Å². The number of amides is 1. The molecular weight excluding hydrogens is 321 g/mol. The second-order valence-corrected chi connectivity index (χ2v) is 5.40. The Morgan fingerprint density at radius 1 is 1.04 bits per heavy atom. The highest BCUT2D eigenvalue weighted by molar-refractivity contribution is 6.10. The zero-order valence-corrected chi connectivity index (χ0v) is 12.4. The van der Waals surface area contributed by atoms with Gasteiger partial charge in [-0.25, -0.2) is 5.01 Å². The van der Waals surface area contributed by atoms with Crippen molar-refractivity contribution in [1.82, 2.24) is 5.01 Å². The lowest BCUT2D eigenvalue weighted by Crippen LogP contribution is -2.54. The van der Waals surface area contributed by atoms with Crippen LogP contribution < -0.4 is 0 Å². The Balaban J connectivity index is 2.03. The van der Waals surface area contributed by atoms with Crippen LogP contribution in [0.3, 0.4) is 0 Å². The number of hydrogen-bond donors (Lipinski definition) is 1. The molecule has 4 nitrogen and oxygen atoms in total. The summed E-state index contributed by atoms with van der Waals surface area (Å²) >= 11 is 0. The van der Waals surface area contributed by atoms with Gasteiger partial charge in [-0.1, -0.05) is 48.5 Å². The normalized spacial score (nSPS) is 20.8. The summed E-state index contributed by atoms with van der Waals surface area (Å²) in [6.07, 6.45) is -4.96. The highest BCUT2D eigenvalue weighted by Crippen LogP contribution is 2.38. The van der Waals surface area contributed by atoms with Crippen LogP contribution in [-0.2, 0) is 0 Å². The number of β-amino-alcohol motifs (C(OH)–C–C–N with tert-alkyl or cyclic N) is 1. The van der Waals surface area contributed by atoms with Crippen LogP contribution in [0.25, 0.3) is 0 Å². The first-order valence-electron chi connectivity index (χ1n) is 7.13. The third-order valence-electron chi connectivity index (χ3n) is 3.76. The summed E-state index contributed by atoms with van der Waals surface area (Å²) in [4.78, 5) is 12.4. The average Bonchev–Trinajstić information content (AvgIpc) is 2.95. The number of nitrogens with zero attached hydrogens (tertiary/aromatic N) is 2. The third-order valence-corrected chi connectivity index (χ3v) is 3.76. The summed E-state index contributed by atoms with van der Waals surface area (Å²) in [5.41, 5.74) is -3.49. The number of hydrazone groups is 1. The number of carbonyl (C=O) groups is 1.